The molecule has 0 radical (unpaired) electrons. The van der Waals surface area contributed by atoms with Gasteiger partial charge in [0.15, 0.2) is 11.6 Å². The minimum Gasteiger partial charge on any atom is -0.342 e. The van der Waals surface area contributed by atoms with Crippen molar-refractivity contribution in [2.75, 3.05) is 32.4 Å². The predicted octanol–water partition coefficient (Wildman–Crippen LogP) is 2.51. The lowest BCUT2D eigenvalue weighted by Gasteiger charge is -2.31. The van der Waals surface area contributed by atoms with Crippen LogP contribution in [-0.2, 0) is 4.79 Å². The van der Waals surface area contributed by atoms with Crippen molar-refractivity contribution in [3.8, 4) is 0 Å². The lowest BCUT2D eigenvalue weighted by Crippen LogP contribution is -2.41. The third kappa shape index (κ3) is 4.68. The summed E-state index contributed by atoms with van der Waals surface area (Å²) in [5.74, 6) is -0.773. The fraction of sp³-hybridized carbons (Fsp3) is 0.533. The standard InChI is InChI=1S/C15H20F2N2OS/c1-18-9-11-4-6-19(7-5-11)15(20)10-21-12-2-3-13(16)14(17)8-12/h2-3,8,11,18H,4-7,9-10H2,1H3. The molecule has 1 amide bonds. The van der Waals surface area contributed by atoms with Gasteiger partial charge in [-0.3, -0.25) is 4.79 Å². The first-order chi connectivity index (χ1) is 10.1. The van der Waals surface area contributed by atoms with Gasteiger partial charge in [0.25, 0.3) is 0 Å². The molecule has 0 unspecified atom stereocenters. The summed E-state index contributed by atoms with van der Waals surface area (Å²) in [5, 5.41) is 3.16. The van der Waals surface area contributed by atoms with Gasteiger partial charge in [0.1, 0.15) is 0 Å². The number of hydrogen-bond acceptors (Lipinski definition) is 3. The molecule has 1 N–H and O–H groups in total. The molecule has 3 nitrogen and oxygen atoms in total. The zero-order valence-electron chi connectivity index (χ0n) is 12.1. The molecule has 0 saturated carbocycles. The van der Waals surface area contributed by atoms with E-state index < -0.39 is 11.6 Å². The van der Waals surface area contributed by atoms with Gasteiger partial charge in [-0.05, 0) is 50.6 Å². The molecule has 21 heavy (non-hydrogen) atoms. The SMILES string of the molecule is CNCC1CCN(C(=O)CSc2ccc(F)c(F)c2)CC1. The molecular formula is C15H20F2N2OS. The number of carbonyl (C=O) groups excluding carboxylic acids is 1. The lowest BCUT2D eigenvalue weighted by atomic mass is 9.97. The van der Waals surface area contributed by atoms with Crippen molar-refractivity contribution >= 4 is 17.7 Å². The Hall–Kier alpha value is -1.14. The normalized spacial score (nSPS) is 16.2. The fourth-order valence-corrected chi connectivity index (χ4v) is 3.30. The Morgan fingerprint density at radius 3 is 2.67 bits per heavy atom. The number of nitrogens with zero attached hydrogens (tertiary/aromatic N) is 1. The zero-order valence-corrected chi connectivity index (χ0v) is 12.9. The van der Waals surface area contributed by atoms with Crippen molar-refractivity contribution in [2.24, 2.45) is 5.92 Å². The Morgan fingerprint density at radius 1 is 1.33 bits per heavy atom. The summed E-state index contributed by atoms with van der Waals surface area (Å²) in [5.41, 5.74) is 0. The van der Waals surface area contributed by atoms with Crippen LogP contribution in [0.4, 0.5) is 8.78 Å². The Labute approximate surface area is 128 Å². The summed E-state index contributed by atoms with van der Waals surface area (Å²) in [7, 11) is 1.94. The van der Waals surface area contributed by atoms with Crippen molar-refractivity contribution < 1.29 is 13.6 Å². The van der Waals surface area contributed by atoms with Gasteiger partial charge in [-0.1, -0.05) is 0 Å². The van der Waals surface area contributed by atoms with Gasteiger partial charge < -0.3 is 10.2 Å². The number of piperidine rings is 1. The molecule has 0 atom stereocenters. The topological polar surface area (TPSA) is 32.3 Å². The second-order valence-electron chi connectivity index (χ2n) is 5.25. The van der Waals surface area contributed by atoms with Crippen LogP contribution in [0.2, 0.25) is 0 Å². The molecule has 1 aliphatic heterocycles. The van der Waals surface area contributed by atoms with E-state index in [1.165, 1.54) is 17.8 Å². The molecule has 0 spiro atoms. The molecule has 116 valence electrons. The van der Waals surface area contributed by atoms with Crippen LogP contribution in [0.5, 0.6) is 0 Å². The highest BCUT2D eigenvalue weighted by molar-refractivity contribution is 8.00. The van der Waals surface area contributed by atoms with E-state index in [2.05, 4.69) is 5.32 Å². The molecule has 6 heteroatoms. The van der Waals surface area contributed by atoms with Crippen molar-refractivity contribution in [3.63, 3.8) is 0 Å². The van der Waals surface area contributed by atoms with E-state index >= 15 is 0 Å². The van der Waals surface area contributed by atoms with E-state index in [0.29, 0.717) is 10.8 Å². The van der Waals surface area contributed by atoms with E-state index in [0.717, 1.165) is 44.6 Å². The predicted molar refractivity (Wildman–Crippen MR) is 80.3 cm³/mol. The summed E-state index contributed by atoms with van der Waals surface area (Å²) < 4.78 is 25.9. The number of amides is 1. The molecule has 0 aliphatic carbocycles. The molecule has 1 fully saturated rings. The number of thioether (sulfide) groups is 1. The molecule has 1 aromatic carbocycles. The maximum Gasteiger partial charge on any atom is 0.232 e. The van der Waals surface area contributed by atoms with Crippen LogP contribution in [0.3, 0.4) is 0 Å². The molecule has 1 heterocycles. The molecular weight excluding hydrogens is 294 g/mol. The molecule has 0 bridgehead atoms. The summed E-state index contributed by atoms with van der Waals surface area (Å²) >= 11 is 1.25. The van der Waals surface area contributed by atoms with E-state index in [1.54, 1.807) is 0 Å². The third-order valence-corrected chi connectivity index (χ3v) is 4.69. The first-order valence-electron chi connectivity index (χ1n) is 7.10. The number of benzene rings is 1. The zero-order chi connectivity index (χ0) is 15.2. The number of nitrogens with one attached hydrogen (secondary N) is 1. The Bertz CT molecular complexity index is 491. The number of halogens is 2. The van der Waals surface area contributed by atoms with Gasteiger partial charge in [0.2, 0.25) is 5.91 Å². The number of likely N-dealkylation sites (tertiary alicyclic amines) is 1. The highest BCUT2D eigenvalue weighted by Gasteiger charge is 2.22. The highest BCUT2D eigenvalue weighted by atomic mass is 32.2. The van der Waals surface area contributed by atoms with E-state index in [-0.39, 0.29) is 11.7 Å². The van der Waals surface area contributed by atoms with Crippen molar-refractivity contribution in [1.29, 1.82) is 0 Å². The van der Waals surface area contributed by atoms with E-state index in [4.69, 9.17) is 0 Å². The van der Waals surface area contributed by atoms with Crippen LogP contribution in [0.1, 0.15) is 12.8 Å². The minimum atomic E-state index is -0.875. The number of hydrogen-bond donors (Lipinski definition) is 1. The van der Waals surface area contributed by atoms with Gasteiger partial charge in [0, 0.05) is 18.0 Å². The van der Waals surface area contributed by atoms with Crippen LogP contribution < -0.4 is 5.32 Å². The fourth-order valence-electron chi connectivity index (χ4n) is 2.48. The maximum atomic E-state index is 13.1. The highest BCUT2D eigenvalue weighted by Crippen LogP contribution is 2.22. The maximum absolute atomic E-state index is 13.1. The number of rotatable bonds is 5. The smallest absolute Gasteiger partial charge is 0.232 e. The molecule has 1 saturated heterocycles. The summed E-state index contributed by atoms with van der Waals surface area (Å²) in [6.45, 7) is 2.55. The molecule has 1 aliphatic rings. The van der Waals surface area contributed by atoms with Crippen LogP contribution in [0, 0.1) is 17.6 Å². The average Bonchev–Trinajstić information content (AvgIpc) is 2.49. The number of carbonyl (C=O) groups is 1. The first-order valence-corrected chi connectivity index (χ1v) is 8.09. The molecule has 0 aromatic heterocycles. The van der Waals surface area contributed by atoms with Gasteiger partial charge in [-0.2, -0.15) is 0 Å². The van der Waals surface area contributed by atoms with Crippen LogP contribution in [0.25, 0.3) is 0 Å². The quantitative estimate of drug-likeness (QED) is 0.848. The molecule has 1 aromatic rings. The van der Waals surface area contributed by atoms with Crippen molar-refractivity contribution in [2.45, 2.75) is 17.7 Å². The summed E-state index contributed by atoms with van der Waals surface area (Å²) in [4.78, 5) is 14.5. The largest absolute Gasteiger partial charge is 0.342 e. The summed E-state index contributed by atoms with van der Waals surface area (Å²) in [6.07, 6.45) is 2.03. The Kier molecular flexibility index (Phi) is 5.99. The first kappa shape index (κ1) is 16.2. The van der Waals surface area contributed by atoms with Gasteiger partial charge in [-0.25, -0.2) is 8.78 Å². The van der Waals surface area contributed by atoms with Gasteiger partial charge >= 0.3 is 0 Å². The average molecular weight is 314 g/mol. The third-order valence-electron chi connectivity index (χ3n) is 3.71. The van der Waals surface area contributed by atoms with Crippen LogP contribution >= 0.6 is 11.8 Å². The summed E-state index contributed by atoms with van der Waals surface area (Å²) in [6, 6.07) is 3.72. The van der Waals surface area contributed by atoms with Gasteiger partial charge in [0.05, 0.1) is 5.75 Å². The monoisotopic (exact) mass is 314 g/mol. The second kappa shape index (κ2) is 7.75. The van der Waals surface area contributed by atoms with Crippen molar-refractivity contribution in [1.82, 2.24) is 10.2 Å². The lowest BCUT2D eigenvalue weighted by molar-refractivity contribution is -0.129. The van der Waals surface area contributed by atoms with Crippen LogP contribution in [0.15, 0.2) is 23.1 Å². The van der Waals surface area contributed by atoms with Crippen LogP contribution in [-0.4, -0.2) is 43.2 Å². The minimum absolute atomic E-state index is 0.0626. The Morgan fingerprint density at radius 2 is 2.05 bits per heavy atom. The van der Waals surface area contributed by atoms with Gasteiger partial charge in [-0.15, -0.1) is 11.8 Å². The van der Waals surface area contributed by atoms with Crippen molar-refractivity contribution in [3.05, 3.63) is 29.8 Å². The van der Waals surface area contributed by atoms with E-state index in [1.807, 2.05) is 11.9 Å². The van der Waals surface area contributed by atoms with E-state index in [9.17, 15) is 13.6 Å². The Balaban J connectivity index is 1.78. The second-order valence-corrected chi connectivity index (χ2v) is 6.30. The molecule has 2 rings (SSSR count).